The number of hydrazone groups is 1. The number of benzene rings is 2. The number of hydrogen-bond acceptors (Lipinski definition) is 5. The molecule has 0 fully saturated rings. The second-order valence-electron chi connectivity index (χ2n) is 5.90. The summed E-state index contributed by atoms with van der Waals surface area (Å²) in [6.07, 6.45) is 4.79. The zero-order valence-electron chi connectivity index (χ0n) is 14.8. The number of hydrogen-bond donors (Lipinski definition) is 0. The fraction of sp³-hybridized carbons (Fsp3) is 0. The molecule has 0 spiro atoms. The van der Waals surface area contributed by atoms with Crippen LogP contribution >= 0.6 is 38.6 Å². The Balaban J connectivity index is 1.68. The van der Waals surface area contributed by atoms with Crippen molar-refractivity contribution in [2.45, 2.75) is 0 Å². The van der Waals surface area contributed by atoms with Crippen LogP contribution in [0.3, 0.4) is 0 Å². The van der Waals surface area contributed by atoms with Crippen LogP contribution in [0.5, 0.6) is 0 Å². The molecule has 0 atom stereocenters. The Morgan fingerprint density at radius 1 is 1.17 bits per heavy atom. The summed E-state index contributed by atoms with van der Waals surface area (Å²) in [4.78, 5) is 18.3. The Morgan fingerprint density at radius 2 is 2.00 bits per heavy atom. The number of halogens is 2. The van der Waals surface area contributed by atoms with Crippen molar-refractivity contribution in [3.63, 3.8) is 0 Å². The molecule has 29 heavy (non-hydrogen) atoms. The molecule has 0 N–H and O–H groups in total. The number of carbonyl (C=O) groups is 1. The van der Waals surface area contributed by atoms with Crippen LogP contribution in [0.15, 0.2) is 75.6 Å². The van der Waals surface area contributed by atoms with Crippen LogP contribution in [-0.4, -0.2) is 17.1 Å². The Hall–Kier alpha value is -2.68. The molecule has 0 aliphatic rings. The molecule has 0 bridgehead atoms. The molecule has 4 nitrogen and oxygen atoms in total. The average molecular weight is 486 g/mol. The van der Waals surface area contributed by atoms with Gasteiger partial charge in [-0.1, -0.05) is 45.5 Å². The molecule has 8 heteroatoms. The first-order valence-corrected chi connectivity index (χ1v) is 11.0. The van der Waals surface area contributed by atoms with Crippen LogP contribution in [0.25, 0.3) is 16.3 Å². The van der Waals surface area contributed by atoms with Gasteiger partial charge in [0.2, 0.25) is 5.13 Å². The third-order valence-corrected chi connectivity index (χ3v) is 6.21. The third kappa shape index (κ3) is 4.84. The molecule has 0 saturated carbocycles. The van der Waals surface area contributed by atoms with Crippen LogP contribution in [0.4, 0.5) is 9.52 Å². The van der Waals surface area contributed by atoms with Crippen molar-refractivity contribution in [3.05, 3.63) is 86.8 Å². The van der Waals surface area contributed by atoms with Crippen molar-refractivity contribution < 1.29 is 9.18 Å². The van der Waals surface area contributed by atoms with Crippen molar-refractivity contribution >= 4 is 72.1 Å². The van der Waals surface area contributed by atoms with Crippen molar-refractivity contribution in [2.24, 2.45) is 5.10 Å². The summed E-state index contributed by atoms with van der Waals surface area (Å²) >= 11 is 6.14. The quantitative estimate of drug-likeness (QED) is 0.188. The summed E-state index contributed by atoms with van der Waals surface area (Å²) in [5.74, 6) is -0.687. The lowest BCUT2D eigenvalue weighted by Crippen LogP contribution is -2.23. The molecular formula is C21H13BrFN3OS2. The predicted octanol–water partition coefficient (Wildman–Crippen LogP) is 6.34. The number of amides is 1. The number of nitrogens with zero attached hydrogens (tertiary/aromatic N) is 3. The number of fused-ring (bicyclic) bond motifs is 1. The second-order valence-corrected chi connectivity index (χ2v) is 8.81. The van der Waals surface area contributed by atoms with E-state index in [4.69, 9.17) is 0 Å². The number of rotatable bonds is 5. The smallest absolute Gasteiger partial charge is 0.267 e. The van der Waals surface area contributed by atoms with Crippen LogP contribution in [0, 0.1) is 5.82 Å². The van der Waals surface area contributed by atoms with E-state index in [9.17, 15) is 9.18 Å². The van der Waals surface area contributed by atoms with Gasteiger partial charge in [-0.25, -0.2) is 9.37 Å². The summed E-state index contributed by atoms with van der Waals surface area (Å²) < 4.78 is 15.1. The summed E-state index contributed by atoms with van der Waals surface area (Å²) in [5, 5.41) is 7.91. The molecule has 0 saturated heterocycles. The van der Waals surface area contributed by atoms with Crippen molar-refractivity contribution in [2.75, 3.05) is 5.01 Å². The molecule has 1 amide bonds. The van der Waals surface area contributed by atoms with Crippen molar-refractivity contribution in [1.29, 1.82) is 0 Å². The predicted molar refractivity (Wildman–Crippen MR) is 122 cm³/mol. The van der Waals surface area contributed by atoms with E-state index in [0.717, 1.165) is 14.9 Å². The number of thiazole rings is 1. The molecule has 0 aliphatic carbocycles. The SMILES string of the molecule is O=C(/C=C/c1cccs1)N(/N=C/c1ccc(Br)cc1)c1nc2ccc(F)cc2s1. The van der Waals surface area contributed by atoms with Gasteiger partial charge in [0.15, 0.2) is 0 Å². The van der Waals surface area contributed by atoms with Crippen LogP contribution < -0.4 is 5.01 Å². The Kier molecular flexibility index (Phi) is 5.94. The van der Waals surface area contributed by atoms with E-state index >= 15 is 0 Å². The van der Waals surface area contributed by atoms with Gasteiger partial charge in [-0.05, 0) is 53.4 Å². The van der Waals surface area contributed by atoms with E-state index < -0.39 is 0 Å². The fourth-order valence-corrected chi connectivity index (χ4v) is 4.30. The minimum absolute atomic E-state index is 0.341. The van der Waals surface area contributed by atoms with E-state index in [1.165, 1.54) is 45.9 Å². The third-order valence-electron chi connectivity index (χ3n) is 3.85. The Labute approximate surface area is 182 Å². The van der Waals surface area contributed by atoms with Crippen molar-refractivity contribution in [1.82, 2.24) is 4.98 Å². The minimum Gasteiger partial charge on any atom is -0.267 e. The van der Waals surface area contributed by atoms with E-state index in [2.05, 4.69) is 26.0 Å². The molecule has 2 aromatic carbocycles. The van der Waals surface area contributed by atoms with E-state index in [0.29, 0.717) is 15.3 Å². The lowest BCUT2D eigenvalue weighted by atomic mass is 10.2. The van der Waals surface area contributed by atoms with Gasteiger partial charge in [-0.15, -0.1) is 11.3 Å². The van der Waals surface area contributed by atoms with E-state index in [1.54, 1.807) is 18.4 Å². The van der Waals surface area contributed by atoms with Gasteiger partial charge in [-0.2, -0.15) is 10.1 Å². The molecule has 0 radical (unpaired) electrons. The van der Waals surface area contributed by atoms with Gasteiger partial charge in [0.25, 0.3) is 5.91 Å². The van der Waals surface area contributed by atoms with Gasteiger partial charge in [-0.3, -0.25) is 4.79 Å². The molecule has 4 rings (SSSR count). The molecule has 0 aliphatic heterocycles. The molecule has 2 aromatic heterocycles. The highest BCUT2D eigenvalue weighted by atomic mass is 79.9. The fourth-order valence-electron chi connectivity index (χ4n) is 2.46. The Morgan fingerprint density at radius 3 is 2.76 bits per heavy atom. The average Bonchev–Trinajstić information content (AvgIpc) is 3.37. The maximum absolute atomic E-state index is 13.5. The van der Waals surface area contributed by atoms with Gasteiger partial charge < -0.3 is 0 Å². The zero-order chi connectivity index (χ0) is 20.2. The molecule has 0 unspecified atom stereocenters. The lowest BCUT2D eigenvalue weighted by molar-refractivity contribution is -0.114. The maximum Gasteiger partial charge on any atom is 0.273 e. The second kappa shape index (κ2) is 8.77. The van der Waals surface area contributed by atoms with Crippen LogP contribution in [0.2, 0.25) is 0 Å². The first-order valence-electron chi connectivity index (χ1n) is 8.50. The molecular weight excluding hydrogens is 473 g/mol. The van der Waals surface area contributed by atoms with Gasteiger partial charge in [0, 0.05) is 15.4 Å². The first-order chi connectivity index (χ1) is 14.1. The monoisotopic (exact) mass is 485 g/mol. The number of aromatic nitrogens is 1. The van der Waals surface area contributed by atoms with Crippen LogP contribution in [0.1, 0.15) is 10.4 Å². The number of anilines is 1. The summed E-state index contributed by atoms with van der Waals surface area (Å²) in [5.41, 5.74) is 1.45. The molecule has 144 valence electrons. The standard InChI is InChI=1S/C21H13BrFN3OS2/c22-15-5-3-14(4-6-15)13-24-26(20(27)10-8-17-2-1-11-28-17)21-25-18-9-7-16(23)12-19(18)29-21/h1-13H/b10-8+,24-13+. The topological polar surface area (TPSA) is 45.6 Å². The highest BCUT2D eigenvalue weighted by Gasteiger charge is 2.17. The van der Waals surface area contributed by atoms with E-state index in [-0.39, 0.29) is 11.7 Å². The Bertz CT molecular complexity index is 1200. The van der Waals surface area contributed by atoms with Gasteiger partial charge >= 0.3 is 0 Å². The zero-order valence-corrected chi connectivity index (χ0v) is 18.0. The van der Waals surface area contributed by atoms with Gasteiger partial charge in [0.05, 0.1) is 16.4 Å². The van der Waals surface area contributed by atoms with Gasteiger partial charge in [0.1, 0.15) is 5.82 Å². The lowest BCUT2D eigenvalue weighted by Gasteiger charge is -2.11. The number of thiophene rings is 1. The summed E-state index contributed by atoms with van der Waals surface area (Å²) in [6.45, 7) is 0. The summed E-state index contributed by atoms with van der Waals surface area (Å²) in [6, 6.07) is 15.7. The highest BCUT2D eigenvalue weighted by Crippen LogP contribution is 2.30. The first kappa shape index (κ1) is 19.6. The molecule has 4 aromatic rings. The molecule has 2 heterocycles. The largest absolute Gasteiger partial charge is 0.273 e. The minimum atomic E-state index is -0.346. The summed E-state index contributed by atoms with van der Waals surface area (Å²) in [7, 11) is 0. The number of carbonyl (C=O) groups excluding carboxylic acids is 1. The maximum atomic E-state index is 13.5. The normalized spacial score (nSPS) is 11.7. The van der Waals surface area contributed by atoms with Crippen LogP contribution in [-0.2, 0) is 4.79 Å². The van der Waals surface area contributed by atoms with E-state index in [1.807, 2.05) is 41.8 Å². The highest BCUT2D eigenvalue weighted by molar-refractivity contribution is 9.10. The van der Waals surface area contributed by atoms with Crippen molar-refractivity contribution in [3.8, 4) is 0 Å².